The van der Waals surface area contributed by atoms with Gasteiger partial charge in [0.15, 0.2) is 0 Å². The van der Waals surface area contributed by atoms with Crippen molar-refractivity contribution >= 4 is 11.6 Å². The van der Waals surface area contributed by atoms with E-state index in [0.29, 0.717) is 23.7 Å². The monoisotopic (exact) mass is 376 g/mol. The molecule has 1 aliphatic heterocycles. The summed E-state index contributed by atoms with van der Waals surface area (Å²) in [6.07, 6.45) is 0. The smallest absolute Gasteiger partial charge is 0.238 e. The van der Waals surface area contributed by atoms with Gasteiger partial charge in [-0.05, 0) is 29.2 Å². The second-order valence-electron chi connectivity index (χ2n) is 7.65. The fourth-order valence-corrected chi connectivity index (χ4v) is 3.45. The third-order valence-electron chi connectivity index (χ3n) is 5.21. The van der Waals surface area contributed by atoms with E-state index in [9.17, 15) is 4.79 Å². The van der Waals surface area contributed by atoms with Crippen molar-refractivity contribution < 1.29 is 4.79 Å². The Kier molecular flexibility index (Phi) is 6.80. The van der Waals surface area contributed by atoms with E-state index in [2.05, 4.69) is 59.3 Å². The van der Waals surface area contributed by atoms with Crippen LogP contribution in [-0.2, 0) is 11.3 Å². The summed E-state index contributed by atoms with van der Waals surface area (Å²) in [6, 6.07) is 18.1. The molecule has 2 aromatic rings. The highest BCUT2D eigenvalue weighted by Crippen LogP contribution is 2.17. The third kappa shape index (κ3) is 5.41. The summed E-state index contributed by atoms with van der Waals surface area (Å²) in [6.45, 7) is 9.38. The number of hydrogen-bond donors (Lipinski definition) is 1. The highest BCUT2D eigenvalue weighted by atomic mass is 16.2. The van der Waals surface area contributed by atoms with Crippen LogP contribution in [0.3, 0.4) is 0 Å². The lowest BCUT2D eigenvalue weighted by Crippen LogP contribution is -2.48. The van der Waals surface area contributed by atoms with Crippen molar-refractivity contribution in [2.24, 2.45) is 0 Å². The van der Waals surface area contributed by atoms with E-state index in [-0.39, 0.29) is 5.91 Å². The minimum atomic E-state index is -0.0691. The molecule has 0 bridgehead atoms. The van der Waals surface area contributed by atoms with Crippen molar-refractivity contribution in [1.29, 1.82) is 5.26 Å². The molecule has 5 heteroatoms. The standard InChI is InChI=1S/C23H28N4O/c1-18(2)20-9-7-19(8-10-20)16-26-11-13-27(14-12-26)17-23(28)25-22-6-4-3-5-21(22)15-24/h3-10,18H,11-14,16-17H2,1-2H3,(H,25,28). The summed E-state index contributed by atoms with van der Waals surface area (Å²) in [4.78, 5) is 16.9. The fourth-order valence-electron chi connectivity index (χ4n) is 3.45. The first kappa shape index (κ1) is 20.1. The number of para-hydroxylation sites is 1. The Hall–Kier alpha value is -2.68. The summed E-state index contributed by atoms with van der Waals surface area (Å²) in [5.41, 5.74) is 3.78. The molecule has 1 heterocycles. The first-order chi connectivity index (χ1) is 13.5. The van der Waals surface area contributed by atoms with Crippen molar-refractivity contribution in [2.45, 2.75) is 26.3 Å². The molecule has 0 aliphatic carbocycles. The zero-order valence-electron chi connectivity index (χ0n) is 16.7. The van der Waals surface area contributed by atoms with Crippen LogP contribution >= 0.6 is 0 Å². The normalized spacial score (nSPS) is 15.4. The molecule has 1 fully saturated rings. The maximum Gasteiger partial charge on any atom is 0.238 e. The number of anilines is 1. The van der Waals surface area contributed by atoms with E-state index in [1.165, 1.54) is 11.1 Å². The molecule has 0 aromatic heterocycles. The highest BCUT2D eigenvalue weighted by molar-refractivity contribution is 5.93. The van der Waals surface area contributed by atoms with Crippen LogP contribution in [0.15, 0.2) is 48.5 Å². The number of nitrogens with zero attached hydrogens (tertiary/aromatic N) is 3. The second kappa shape index (κ2) is 9.50. The molecule has 146 valence electrons. The molecule has 28 heavy (non-hydrogen) atoms. The molecule has 1 amide bonds. The summed E-state index contributed by atoms with van der Waals surface area (Å²) in [7, 11) is 0. The van der Waals surface area contributed by atoms with Crippen LogP contribution < -0.4 is 5.32 Å². The van der Waals surface area contributed by atoms with Crippen molar-refractivity contribution in [3.05, 3.63) is 65.2 Å². The Balaban J connectivity index is 1.45. The predicted octanol–water partition coefficient (Wildman–Crippen LogP) is 3.44. The molecule has 3 rings (SSSR count). The number of piperazine rings is 1. The van der Waals surface area contributed by atoms with Gasteiger partial charge in [-0.3, -0.25) is 14.6 Å². The molecular weight excluding hydrogens is 348 g/mol. The van der Waals surface area contributed by atoms with Crippen LogP contribution in [0.25, 0.3) is 0 Å². The summed E-state index contributed by atoms with van der Waals surface area (Å²) in [5.74, 6) is 0.490. The lowest BCUT2D eigenvalue weighted by molar-refractivity contribution is -0.117. The van der Waals surface area contributed by atoms with Crippen molar-refractivity contribution in [1.82, 2.24) is 9.80 Å². The van der Waals surface area contributed by atoms with E-state index >= 15 is 0 Å². The van der Waals surface area contributed by atoms with Gasteiger partial charge in [-0.1, -0.05) is 50.2 Å². The summed E-state index contributed by atoms with van der Waals surface area (Å²) in [5, 5.41) is 12.0. The average molecular weight is 377 g/mol. The van der Waals surface area contributed by atoms with Crippen LogP contribution in [0.5, 0.6) is 0 Å². The molecule has 2 aromatic carbocycles. The average Bonchev–Trinajstić information content (AvgIpc) is 2.70. The maximum absolute atomic E-state index is 12.3. The van der Waals surface area contributed by atoms with Crippen LogP contribution in [0.2, 0.25) is 0 Å². The van der Waals surface area contributed by atoms with Gasteiger partial charge in [-0.15, -0.1) is 0 Å². The molecule has 0 spiro atoms. The first-order valence-corrected chi connectivity index (χ1v) is 9.87. The Labute approximate surface area is 167 Å². The van der Waals surface area contributed by atoms with Gasteiger partial charge in [0.05, 0.1) is 17.8 Å². The Morgan fingerprint density at radius 3 is 2.32 bits per heavy atom. The number of benzene rings is 2. The summed E-state index contributed by atoms with van der Waals surface area (Å²) < 4.78 is 0. The van der Waals surface area contributed by atoms with Gasteiger partial charge in [0.25, 0.3) is 0 Å². The SMILES string of the molecule is CC(C)c1ccc(CN2CCN(CC(=O)Nc3ccccc3C#N)CC2)cc1. The quantitative estimate of drug-likeness (QED) is 0.839. The van der Waals surface area contributed by atoms with Gasteiger partial charge >= 0.3 is 0 Å². The molecule has 1 N–H and O–H groups in total. The molecule has 5 nitrogen and oxygen atoms in total. The van der Waals surface area contributed by atoms with Crippen LogP contribution in [0.1, 0.15) is 36.5 Å². The molecule has 0 atom stereocenters. The maximum atomic E-state index is 12.3. The molecule has 0 saturated carbocycles. The minimum Gasteiger partial charge on any atom is -0.324 e. The summed E-state index contributed by atoms with van der Waals surface area (Å²) >= 11 is 0. The van der Waals surface area contributed by atoms with Gasteiger partial charge in [-0.25, -0.2) is 0 Å². The molecule has 0 radical (unpaired) electrons. The number of rotatable bonds is 6. The lowest BCUT2D eigenvalue weighted by atomic mass is 10.0. The molecular formula is C23H28N4O. The second-order valence-corrected chi connectivity index (χ2v) is 7.65. The lowest BCUT2D eigenvalue weighted by Gasteiger charge is -2.34. The zero-order chi connectivity index (χ0) is 19.9. The molecule has 0 unspecified atom stereocenters. The van der Waals surface area contributed by atoms with Crippen molar-refractivity contribution in [3.8, 4) is 6.07 Å². The minimum absolute atomic E-state index is 0.0691. The van der Waals surface area contributed by atoms with Gasteiger partial charge in [0.2, 0.25) is 5.91 Å². The number of nitriles is 1. The van der Waals surface area contributed by atoms with Crippen LogP contribution in [0, 0.1) is 11.3 Å². The Morgan fingerprint density at radius 2 is 1.68 bits per heavy atom. The van der Waals surface area contributed by atoms with E-state index < -0.39 is 0 Å². The number of carbonyl (C=O) groups is 1. The third-order valence-corrected chi connectivity index (χ3v) is 5.21. The highest BCUT2D eigenvalue weighted by Gasteiger charge is 2.19. The van der Waals surface area contributed by atoms with Crippen molar-refractivity contribution in [2.75, 3.05) is 38.0 Å². The van der Waals surface area contributed by atoms with E-state index in [1.807, 2.05) is 6.07 Å². The number of nitrogens with one attached hydrogen (secondary N) is 1. The van der Waals surface area contributed by atoms with Gasteiger partial charge in [0, 0.05) is 32.7 Å². The van der Waals surface area contributed by atoms with E-state index in [0.717, 1.165) is 32.7 Å². The van der Waals surface area contributed by atoms with Gasteiger partial charge in [0.1, 0.15) is 6.07 Å². The van der Waals surface area contributed by atoms with Crippen LogP contribution in [0.4, 0.5) is 5.69 Å². The number of carbonyl (C=O) groups excluding carboxylic acids is 1. The van der Waals surface area contributed by atoms with E-state index in [4.69, 9.17) is 5.26 Å². The van der Waals surface area contributed by atoms with Gasteiger partial charge < -0.3 is 5.32 Å². The Bertz CT molecular complexity index is 830. The molecule has 1 saturated heterocycles. The van der Waals surface area contributed by atoms with E-state index in [1.54, 1.807) is 18.2 Å². The number of hydrogen-bond acceptors (Lipinski definition) is 4. The fraction of sp³-hybridized carbons (Fsp3) is 0.391. The predicted molar refractivity (Wildman–Crippen MR) is 112 cm³/mol. The Morgan fingerprint density at radius 1 is 1.04 bits per heavy atom. The topological polar surface area (TPSA) is 59.4 Å². The van der Waals surface area contributed by atoms with Crippen LogP contribution in [-0.4, -0.2) is 48.4 Å². The zero-order valence-corrected chi connectivity index (χ0v) is 16.7. The largest absolute Gasteiger partial charge is 0.324 e. The number of amides is 1. The molecule has 1 aliphatic rings. The van der Waals surface area contributed by atoms with Crippen molar-refractivity contribution in [3.63, 3.8) is 0 Å². The van der Waals surface area contributed by atoms with Gasteiger partial charge in [-0.2, -0.15) is 5.26 Å². The first-order valence-electron chi connectivity index (χ1n) is 9.87.